The lowest BCUT2D eigenvalue weighted by Crippen LogP contribution is -2.44. The summed E-state index contributed by atoms with van der Waals surface area (Å²) in [4.78, 5) is 28.3. The van der Waals surface area contributed by atoms with Gasteiger partial charge in [-0.05, 0) is 31.3 Å². The van der Waals surface area contributed by atoms with Gasteiger partial charge in [0.15, 0.2) is 0 Å². The van der Waals surface area contributed by atoms with E-state index in [1.807, 2.05) is 18.2 Å². The molecule has 3 heterocycles. The molecule has 0 spiro atoms. The topological polar surface area (TPSA) is 108 Å². The zero-order valence-corrected chi connectivity index (χ0v) is 22.2. The number of benzene rings is 2. The molecule has 4 aromatic rings. The third-order valence-electron chi connectivity index (χ3n) is 6.29. The van der Waals surface area contributed by atoms with E-state index in [1.165, 1.54) is 12.1 Å². The lowest BCUT2D eigenvalue weighted by atomic mass is 10.2. The fourth-order valence-corrected chi connectivity index (χ4v) is 4.48. The second kappa shape index (κ2) is 11.2. The molecule has 1 fully saturated rings. The smallest absolute Gasteiger partial charge is 0.247 e. The highest BCUT2D eigenvalue weighted by atomic mass is 35.5. The molecule has 1 saturated heterocycles. The summed E-state index contributed by atoms with van der Waals surface area (Å²) in [5, 5.41) is 6.45. The number of H-pyrrole nitrogens is 1. The number of nitrogens with one attached hydrogen (secondary N) is 3. The summed E-state index contributed by atoms with van der Waals surface area (Å²) in [5.74, 6) is -0.0715. The first-order chi connectivity index (χ1) is 18.8. The molecule has 0 radical (unpaired) electrons. The van der Waals surface area contributed by atoms with E-state index in [2.05, 4.69) is 49.0 Å². The normalized spacial score (nSPS) is 13.8. The van der Waals surface area contributed by atoms with Gasteiger partial charge in [-0.1, -0.05) is 18.2 Å². The third-order valence-corrected chi connectivity index (χ3v) is 6.59. The van der Waals surface area contributed by atoms with Crippen molar-refractivity contribution in [3.63, 3.8) is 0 Å². The van der Waals surface area contributed by atoms with Crippen molar-refractivity contribution in [1.29, 1.82) is 0 Å². The van der Waals surface area contributed by atoms with Crippen LogP contribution in [-0.2, 0) is 4.79 Å². The molecule has 0 unspecified atom stereocenters. The minimum atomic E-state index is -0.610. The molecule has 2 aromatic carbocycles. The molecule has 1 aliphatic heterocycles. The van der Waals surface area contributed by atoms with E-state index < -0.39 is 11.7 Å². The molecule has 0 saturated carbocycles. The van der Waals surface area contributed by atoms with Crippen LogP contribution in [0.25, 0.3) is 11.0 Å². The molecule has 12 heteroatoms. The Kier molecular flexibility index (Phi) is 7.53. The van der Waals surface area contributed by atoms with Gasteiger partial charge in [0, 0.05) is 61.9 Å². The zero-order valence-electron chi connectivity index (χ0n) is 21.4. The predicted molar refractivity (Wildman–Crippen MR) is 150 cm³/mol. The van der Waals surface area contributed by atoms with Crippen molar-refractivity contribution >= 4 is 51.6 Å². The van der Waals surface area contributed by atoms with E-state index >= 15 is 0 Å². The molecule has 3 N–H and O–H groups in total. The zero-order chi connectivity index (χ0) is 27.5. The van der Waals surface area contributed by atoms with Crippen molar-refractivity contribution in [2.45, 2.75) is 0 Å². The molecular formula is C27H27ClFN7O3. The second-order valence-corrected chi connectivity index (χ2v) is 9.39. The number of hydrogen-bond acceptors (Lipinski definition) is 8. The van der Waals surface area contributed by atoms with E-state index in [9.17, 15) is 9.18 Å². The number of likely N-dealkylation sites (N-methyl/N-ethyl adjacent to an activating group) is 1. The van der Waals surface area contributed by atoms with Crippen LogP contribution >= 0.6 is 11.6 Å². The highest BCUT2D eigenvalue weighted by molar-refractivity contribution is 6.35. The van der Waals surface area contributed by atoms with Crippen LogP contribution in [0, 0.1) is 5.82 Å². The Hall–Kier alpha value is -4.35. The third kappa shape index (κ3) is 5.89. The Morgan fingerprint density at radius 3 is 2.72 bits per heavy atom. The van der Waals surface area contributed by atoms with E-state index in [0.717, 1.165) is 44.0 Å². The Morgan fingerprint density at radius 2 is 1.97 bits per heavy atom. The summed E-state index contributed by atoms with van der Waals surface area (Å²) in [5.41, 5.74) is 2.33. The highest BCUT2D eigenvalue weighted by Crippen LogP contribution is 2.37. The van der Waals surface area contributed by atoms with Crippen LogP contribution in [0.1, 0.15) is 0 Å². The van der Waals surface area contributed by atoms with Gasteiger partial charge in [0.2, 0.25) is 17.7 Å². The molecular weight excluding hydrogens is 525 g/mol. The van der Waals surface area contributed by atoms with Gasteiger partial charge in [0.1, 0.15) is 28.3 Å². The number of anilines is 4. The summed E-state index contributed by atoms with van der Waals surface area (Å²) in [6.45, 7) is 7.25. The van der Waals surface area contributed by atoms with Crippen molar-refractivity contribution in [3.05, 3.63) is 66.1 Å². The maximum Gasteiger partial charge on any atom is 0.247 e. The maximum absolute atomic E-state index is 14.3. The number of rotatable bonds is 8. The summed E-state index contributed by atoms with van der Waals surface area (Å²) in [6, 6.07) is 9.70. The van der Waals surface area contributed by atoms with Crippen molar-refractivity contribution in [2.24, 2.45) is 0 Å². The van der Waals surface area contributed by atoms with Gasteiger partial charge in [-0.3, -0.25) is 4.79 Å². The number of carbonyl (C=O) groups excluding carboxylic acids is 1. The van der Waals surface area contributed by atoms with Crippen LogP contribution in [0.4, 0.5) is 27.4 Å². The monoisotopic (exact) mass is 551 g/mol. The quantitative estimate of drug-likeness (QED) is 0.257. The molecule has 0 bridgehead atoms. The molecule has 0 aliphatic carbocycles. The number of fused-ring (bicyclic) bond motifs is 1. The summed E-state index contributed by atoms with van der Waals surface area (Å²) >= 11 is 6.37. The standard InChI is InChI=1S/C27H27ClFN7O3/c1-4-23(37)31-17-11-16(29)12-19(13-17)39-26-24-20(28)15-30-25(24)33-27(34-26)32-21-6-5-18(14-22(21)38-3)36-9-7-35(2)8-10-36/h4-6,11-15H,1,7-10H2,2-3H3,(H,31,37)(H2,30,32,33,34). The first kappa shape index (κ1) is 26.3. The summed E-state index contributed by atoms with van der Waals surface area (Å²) in [6.07, 6.45) is 2.65. The van der Waals surface area contributed by atoms with E-state index in [4.69, 9.17) is 21.1 Å². The average Bonchev–Trinajstić information content (AvgIpc) is 3.29. The lowest BCUT2D eigenvalue weighted by Gasteiger charge is -2.34. The molecule has 202 valence electrons. The molecule has 1 aliphatic rings. The molecule has 0 atom stereocenters. The predicted octanol–water partition coefficient (Wildman–Crippen LogP) is 5.17. The van der Waals surface area contributed by atoms with Crippen LogP contribution in [0.3, 0.4) is 0 Å². The second-order valence-electron chi connectivity index (χ2n) is 8.98. The SMILES string of the molecule is C=CC(=O)Nc1cc(F)cc(Oc2nc(Nc3ccc(N4CCN(C)CC4)cc3OC)nc3[nH]cc(Cl)c23)c1. The maximum atomic E-state index is 14.3. The van der Waals surface area contributed by atoms with Crippen LogP contribution in [0.5, 0.6) is 17.4 Å². The van der Waals surface area contributed by atoms with Gasteiger partial charge in [-0.15, -0.1) is 0 Å². The number of amides is 1. The molecule has 1 amide bonds. The highest BCUT2D eigenvalue weighted by Gasteiger charge is 2.19. The Bertz CT molecular complexity index is 1540. The first-order valence-corrected chi connectivity index (χ1v) is 12.6. The van der Waals surface area contributed by atoms with Crippen molar-refractivity contribution in [3.8, 4) is 17.4 Å². The number of aromatic nitrogens is 3. The van der Waals surface area contributed by atoms with Crippen molar-refractivity contribution < 1.29 is 18.7 Å². The number of methoxy groups -OCH3 is 1. The minimum Gasteiger partial charge on any atom is -0.494 e. The summed E-state index contributed by atoms with van der Waals surface area (Å²) in [7, 11) is 3.72. The fraction of sp³-hybridized carbons (Fsp3) is 0.222. The van der Waals surface area contributed by atoms with Gasteiger partial charge in [-0.2, -0.15) is 9.97 Å². The van der Waals surface area contributed by atoms with E-state index in [-0.39, 0.29) is 23.3 Å². The van der Waals surface area contributed by atoms with Crippen molar-refractivity contribution in [2.75, 3.05) is 55.9 Å². The van der Waals surface area contributed by atoms with Crippen LogP contribution in [0.2, 0.25) is 5.02 Å². The summed E-state index contributed by atoms with van der Waals surface area (Å²) < 4.78 is 25.9. The van der Waals surface area contributed by atoms with Gasteiger partial charge < -0.3 is 34.9 Å². The largest absolute Gasteiger partial charge is 0.494 e. The van der Waals surface area contributed by atoms with E-state index in [0.29, 0.717) is 27.5 Å². The van der Waals surface area contributed by atoms with E-state index in [1.54, 1.807) is 13.3 Å². The van der Waals surface area contributed by atoms with Gasteiger partial charge in [0.25, 0.3) is 0 Å². The lowest BCUT2D eigenvalue weighted by molar-refractivity contribution is -0.111. The van der Waals surface area contributed by atoms with Gasteiger partial charge in [0.05, 0.1) is 17.8 Å². The number of ether oxygens (including phenoxy) is 2. The number of carbonyl (C=O) groups is 1. The molecule has 39 heavy (non-hydrogen) atoms. The molecule has 5 rings (SSSR count). The van der Waals surface area contributed by atoms with Gasteiger partial charge in [-0.25, -0.2) is 4.39 Å². The first-order valence-electron chi connectivity index (χ1n) is 12.2. The minimum absolute atomic E-state index is 0.0911. The number of hydrogen-bond donors (Lipinski definition) is 3. The number of aromatic amines is 1. The van der Waals surface area contributed by atoms with Crippen molar-refractivity contribution in [1.82, 2.24) is 19.9 Å². The number of nitrogens with zero attached hydrogens (tertiary/aromatic N) is 4. The fourth-order valence-electron chi connectivity index (χ4n) is 4.26. The molecule has 10 nitrogen and oxygen atoms in total. The molecule has 2 aromatic heterocycles. The Balaban J connectivity index is 1.45. The van der Waals surface area contributed by atoms with Crippen LogP contribution in [0.15, 0.2) is 55.3 Å². The Labute approximate surface area is 229 Å². The number of piperazine rings is 1. The van der Waals surface area contributed by atoms with Crippen LogP contribution in [-0.4, -0.2) is 66.1 Å². The Morgan fingerprint density at radius 1 is 1.18 bits per heavy atom. The average molecular weight is 552 g/mol. The van der Waals surface area contributed by atoms with Crippen LogP contribution < -0.4 is 25.0 Å². The van der Waals surface area contributed by atoms with Gasteiger partial charge >= 0.3 is 0 Å². The number of halogens is 2.